The van der Waals surface area contributed by atoms with E-state index in [4.69, 9.17) is 4.74 Å². The highest BCUT2D eigenvalue weighted by Crippen LogP contribution is 2.36. The van der Waals surface area contributed by atoms with Crippen LogP contribution in [0.4, 0.5) is 0 Å². The van der Waals surface area contributed by atoms with E-state index in [0.29, 0.717) is 0 Å². The molecule has 3 aliphatic rings. The molecule has 21 heavy (non-hydrogen) atoms. The molecule has 0 aliphatic carbocycles. The van der Waals surface area contributed by atoms with Gasteiger partial charge >= 0.3 is 0 Å². The van der Waals surface area contributed by atoms with E-state index < -0.39 is 0 Å². The van der Waals surface area contributed by atoms with E-state index in [0.717, 1.165) is 69.7 Å². The number of likely N-dealkylation sites (tertiary alicyclic amines) is 1. The number of fused-ring (bicyclic) bond motifs is 1. The van der Waals surface area contributed by atoms with E-state index in [2.05, 4.69) is 15.3 Å². The molecule has 6 nitrogen and oxygen atoms in total. The van der Waals surface area contributed by atoms with E-state index in [-0.39, 0.29) is 17.6 Å². The van der Waals surface area contributed by atoms with Crippen molar-refractivity contribution < 1.29 is 9.53 Å². The molecule has 1 amide bonds. The maximum Gasteiger partial charge on any atom is 0.246 e. The molecule has 3 aliphatic heterocycles. The van der Waals surface area contributed by atoms with Gasteiger partial charge < -0.3 is 19.9 Å². The second kappa shape index (κ2) is 5.10. The highest BCUT2D eigenvalue weighted by molar-refractivity contribution is 5.83. The predicted molar refractivity (Wildman–Crippen MR) is 76.8 cm³/mol. The molecule has 2 fully saturated rings. The van der Waals surface area contributed by atoms with Gasteiger partial charge in [-0.1, -0.05) is 0 Å². The molecule has 1 atom stereocenters. The van der Waals surface area contributed by atoms with Gasteiger partial charge in [-0.05, 0) is 25.7 Å². The number of aromatic nitrogens is 2. The first-order chi connectivity index (χ1) is 10.3. The quantitative estimate of drug-likeness (QED) is 0.801. The van der Waals surface area contributed by atoms with Gasteiger partial charge in [0.25, 0.3) is 0 Å². The summed E-state index contributed by atoms with van der Waals surface area (Å²) in [4.78, 5) is 22.2. The second-order valence-corrected chi connectivity index (χ2v) is 6.36. The number of piperidine rings is 1. The number of nitrogens with one attached hydrogen (secondary N) is 2. The van der Waals surface area contributed by atoms with Crippen molar-refractivity contribution in [2.75, 3.05) is 26.2 Å². The van der Waals surface area contributed by atoms with Crippen LogP contribution >= 0.6 is 0 Å². The van der Waals surface area contributed by atoms with Gasteiger partial charge in [0, 0.05) is 38.4 Å². The molecule has 2 N–H and O–H groups in total. The topological polar surface area (TPSA) is 70.2 Å². The lowest BCUT2D eigenvalue weighted by Crippen LogP contribution is -2.50. The summed E-state index contributed by atoms with van der Waals surface area (Å²) in [6.07, 6.45) is 6.86. The highest BCUT2D eigenvalue weighted by Gasteiger charge is 2.41. The first-order valence-corrected chi connectivity index (χ1v) is 7.96. The van der Waals surface area contributed by atoms with Crippen LogP contribution in [0.3, 0.4) is 0 Å². The van der Waals surface area contributed by atoms with Gasteiger partial charge in [0.1, 0.15) is 6.04 Å². The van der Waals surface area contributed by atoms with Crippen LogP contribution in [0.1, 0.15) is 43.1 Å². The van der Waals surface area contributed by atoms with Crippen molar-refractivity contribution in [2.45, 2.75) is 43.7 Å². The molecule has 0 aromatic carbocycles. The van der Waals surface area contributed by atoms with Crippen molar-refractivity contribution in [3.8, 4) is 0 Å². The normalized spacial score (nSPS) is 27.8. The van der Waals surface area contributed by atoms with E-state index in [1.807, 2.05) is 4.90 Å². The summed E-state index contributed by atoms with van der Waals surface area (Å²) in [5, 5.41) is 3.31. The molecule has 0 bridgehead atoms. The lowest BCUT2D eigenvalue weighted by atomic mass is 9.88. The monoisotopic (exact) mass is 290 g/mol. The summed E-state index contributed by atoms with van der Waals surface area (Å²) in [6.45, 7) is 3.31. The Morgan fingerprint density at radius 3 is 3.00 bits per heavy atom. The fourth-order valence-corrected chi connectivity index (χ4v) is 3.89. The number of carbonyl (C=O) groups excluding carboxylic acids is 1. The first kappa shape index (κ1) is 13.3. The summed E-state index contributed by atoms with van der Waals surface area (Å²) < 4.78 is 5.93. The molecule has 6 heteroatoms. The van der Waals surface area contributed by atoms with Crippen LogP contribution in [0, 0.1) is 0 Å². The second-order valence-electron chi connectivity index (χ2n) is 6.36. The standard InChI is InChI=1S/C15H22N4O2/c20-14(13-12-11(2-6-16-13)17-10-18-12)19-7-4-15(5-8-19)3-1-9-21-15/h10,13,16H,1-9H2,(H,17,18)/t13-/m1/s1. The van der Waals surface area contributed by atoms with E-state index in [9.17, 15) is 4.79 Å². The number of hydrogen-bond acceptors (Lipinski definition) is 4. The molecule has 0 saturated carbocycles. The summed E-state index contributed by atoms with van der Waals surface area (Å²) in [5.74, 6) is 0.163. The number of rotatable bonds is 1. The molecule has 1 aromatic heterocycles. The molecule has 4 rings (SSSR count). The van der Waals surface area contributed by atoms with Gasteiger partial charge in [-0.25, -0.2) is 4.98 Å². The molecular weight excluding hydrogens is 268 g/mol. The summed E-state index contributed by atoms with van der Waals surface area (Å²) in [5.41, 5.74) is 2.04. The van der Waals surface area contributed by atoms with Gasteiger partial charge in [-0.15, -0.1) is 0 Å². The lowest BCUT2D eigenvalue weighted by molar-refractivity contribution is -0.138. The fraction of sp³-hybridized carbons (Fsp3) is 0.733. The van der Waals surface area contributed by atoms with Crippen LogP contribution in [0.5, 0.6) is 0 Å². The van der Waals surface area contributed by atoms with Crippen molar-refractivity contribution >= 4 is 5.91 Å². The average Bonchev–Trinajstić information content (AvgIpc) is 3.16. The van der Waals surface area contributed by atoms with E-state index in [1.165, 1.54) is 0 Å². The fourth-order valence-electron chi connectivity index (χ4n) is 3.89. The minimum absolute atomic E-state index is 0.0638. The third kappa shape index (κ3) is 2.26. The number of H-pyrrole nitrogens is 1. The van der Waals surface area contributed by atoms with E-state index >= 15 is 0 Å². The number of ether oxygens (including phenoxy) is 1. The van der Waals surface area contributed by atoms with Gasteiger partial charge in [-0.3, -0.25) is 4.79 Å². The third-order valence-corrected chi connectivity index (χ3v) is 5.17. The van der Waals surface area contributed by atoms with Crippen molar-refractivity contribution in [3.63, 3.8) is 0 Å². The smallest absolute Gasteiger partial charge is 0.246 e. The van der Waals surface area contributed by atoms with Gasteiger partial charge in [0.2, 0.25) is 5.91 Å². The highest BCUT2D eigenvalue weighted by atomic mass is 16.5. The molecule has 1 spiro atoms. The van der Waals surface area contributed by atoms with Crippen molar-refractivity contribution in [1.29, 1.82) is 0 Å². The predicted octanol–water partition coefficient (Wildman–Crippen LogP) is 0.768. The Balaban J connectivity index is 1.45. The molecule has 2 saturated heterocycles. The minimum Gasteiger partial charge on any atom is -0.375 e. The number of imidazole rings is 1. The van der Waals surface area contributed by atoms with Crippen molar-refractivity contribution in [3.05, 3.63) is 17.7 Å². The maximum atomic E-state index is 12.8. The summed E-state index contributed by atoms with van der Waals surface area (Å²) in [6, 6.07) is -0.279. The zero-order chi connectivity index (χ0) is 14.3. The van der Waals surface area contributed by atoms with Gasteiger partial charge in [0.05, 0.1) is 17.6 Å². The molecule has 114 valence electrons. The molecule has 0 radical (unpaired) electrons. The van der Waals surface area contributed by atoms with Crippen LogP contribution in [0.25, 0.3) is 0 Å². The van der Waals surface area contributed by atoms with E-state index in [1.54, 1.807) is 6.33 Å². The number of nitrogens with zero attached hydrogens (tertiary/aromatic N) is 2. The number of amides is 1. The van der Waals surface area contributed by atoms with Crippen LogP contribution in [0.2, 0.25) is 0 Å². The average molecular weight is 290 g/mol. The lowest BCUT2D eigenvalue weighted by Gasteiger charge is -2.40. The summed E-state index contributed by atoms with van der Waals surface area (Å²) in [7, 11) is 0. The minimum atomic E-state index is -0.279. The Morgan fingerprint density at radius 2 is 2.24 bits per heavy atom. The van der Waals surface area contributed by atoms with Gasteiger partial charge in [0.15, 0.2) is 0 Å². The van der Waals surface area contributed by atoms with Crippen molar-refractivity contribution in [1.82, 2.24) is 20.2 Å². The maximum absolute atomic E-state index is 12.8. The van der Waals surface area contributed by atoms with Crippen LogP contribution in [0.15, 0.2) is 6.33 Å². The Kier molecular flexibility index (Phi) is 3.23. The van der Waals surface area contributed by atoms with Crippen LogP contribution in [-0.4, -0.2) is 52.6 Å². The Morgan fingerprint density at radius 1 is 1.38 bits per heavy atom. The SMILES string of the molecule is O=C([C@@H]1NCCc2[nH]cnc21)N1CCC2(CCCO2)CC1. The summed E-state index contributed by atoms with van der Waals surface area (Å²) >= 11 is 0. The van der Waals surface area contributed by atoms with Gasteiger partial charge in [-0.2, -0.15) is 0 Å². The zero-order valence-electron chi connectivity index (χ0n) is 12.2. The Labute approximate surface area is 124 Å². The van der Waals surface area contributed by atoms with Crippen LogP contribution < -0.4 is 5.32 Å². The number of hydrogen-bond donors (Lipinski definition) is 2. The Hall–Kier alpha value is -1.40. The number of aromatic amines is 1. The largest absolute Gasteiger partial charge is 0.375 e. The third-order valence-electron chi connectivity index (χ3n) is 5.17. The molecular formula is C15H22N4O2. The molecule has 1 aromatic rings. The molecule has 0 unspecified atom stereocenters. The zero-order valence-corrected chi connectivity index (χ0v) is 12.2. The van der Waals surface area contributed by atoms with Crippen molar-refractivity contribution in [2.24, 2.45) is 0 Å². The van der Waals surface area contributed by atoms with Crippen LogP contribution in [-0.2, 0) is 16.0 Å². The number of carbonyl (C=O) groups is 1. The Bertz CT molecular complexity index is 526. The first-order valence-electron chi connectivity index (χ1n) is 7.96. The molecule has 4 heterocycles.